The molecule has 1 unspecified atom stereocenters. The quantitative estimate of drug-likeness (QED) is 0.863. The van der Waals surface area contributed by atoms with Crippen LogP contribution in [0.5, 0.6) is 0 Å². The summed E-state index contributed by atoms with van der Waals surface area (Å²) in [5, 5.41) is 18.6. The number of hydrogen-bond acceptors (Lipinski definition) is 7. The third-order valence-electron chi connectivity index (χ3n) is 3.87. The Morgan fingerprint density at radius 3 is 2.96 bits per heavy atom. The van der Waals surface area contributed by atoms with Gasteiger partial charge in [0.05, 0.1) is 12.4 Å². The highest BCUT2D eigenvalue weighted by atomic mass is 16.1. The number of aromatic nitrogens is 4. The fourth-order valence-electron chi connectivity index (χ4n) is 2.71. The topological polar surface area (TPSA) is 111 Å². The van der Waals surface area contributed by atoms with Crippen molar-refractivity contribution in [2.75, 3.05) is 23.3 Å². The smallest absolute Gasteiger partial charge is 0.264 e. The molecule has 8 nitrogen and oxygen atoms in total. The maximum absolute atomic E-state index is 11.2. The molecule has 0 bridgehead atoms. The van der Waals surface area contributed by atoms with E-state index in [9.17, 15) is 4.79 Å². The first-order chi connectivity index (χ1) is 11.3. The lowest BCUT2D eigenvalue weighted by Crippen LogP contribution is -2.44. The number of aromatic amines is 1. The van der Waals surface area contributed by atoms with Crippen molar-refractivity contribution in [3.8, 4) is 6.07 Å². The lowest BCUT2D eigenvalue weighted by Gasteiger charge is -2.36. The minimum Gasteiger partial charge on any atom is -0.367 e. The maximum atomic E-state index is 11.2. The molecular weight excluding hydrogens is 294 g/mol. The van der Waals surface area contributed by atoms with Crippen LogP contribution < -0.4 is 15.8 Å². The van der Waals surface area contributed by atoms with E-state index in [4.69, 9.17) is 5.26 Å². The van der Waals surface area contributed by atoms with E-state index in [-0.39, 0.29) is 11.6 Å². The van der Waals surface area contributed by atoms with Crippen LogP contribution in [-0.2, 0) is 0 Å². The van der Waals surface area contributed by atoms with Crippen LogP contribution in [0.4, 0.5) is 11.6 Å². The van der Waals surface area contributed by atoms with Crippen molar-refractivity contribution in [2.24, 2.45) is 0 Å². The Hall–Kier alpha value is -2.95. The SMILES string of the molecule is N#Cc1cnc(NCC2CCCCN2c2ccc(=O)[nH]n2)cn1. The van der Waals surface area contributed by atoms with E-state index in [2.05, 4.69) is 30.4 Å². The summed E-state index contributed by atoms with van der Waals surface area (Å²) in [6.45, 7) is 1.60. The lowest BCUT2D eigenvalue weighted by molar-refractivity contribution is 0.467. The number of H-pyrrole nitrogens is 1. The normalized spacial score (nSPS) is 17.5. The first kappa shape index (κ1) is 15.0. The van der Waals surface area contributed by atoms with Gasteiger partial charge in [-0.15, -0.1) is 0 Å². The van der Waals surface area contributed by atoms with Crippen molar-refractivity contribution in [3.63, 3.8) is 0 Å². The number of nitrogens with one attached hydrogen (secondary N) is 2. The van der Waals surface area contributed by atoms with Crippen LogP contribution in [0.1, 0.15) is 25.0 Å². The van der Waals surface area contributed by atoms with E-state index in [0.717, 1.165) is 31.6 Å². The summed E-state index contributed by atoms with van der Waals surface area (Å²) in [7, 11) is 0. The third-order valence-corrected chi connectivity index (χ3v) is 3.87. The van der Waals surface area contributed by atoms with Crippen molar-refractivity contribution in [2.45, 2.75) is 25.3 Å². The zero-order chi connectivity index (χ0) is 16.1. The molecule has 1 atom stereocenters. The van der Waals surface area contributed by atoms with E-state index < -0.39 is 0 Å². The molecule has 2 aromatic heterocycles. The van der Waals surface area contributed by atoms with Crippen LogP contribution in [0.3, 0.4) is 0 Å². The Bertz CT molecular complexity index is 729. The molecule has 1 aliphatic rings. The van der Waals surface area contributed by atoms with Gasteiger partial charge in [-0.2, -0.15) is 10.4 Å². The van der Waals surface area contributed by atoms with Gasteiger partial charge in [0.15, 0.2) is 5.69 Å². The van der Waals surface area contributed by atoms with E-state index in [1.54, 1.807) is 12.3 Å². The second-order valence-electron chi connectivity index (χ2n) is 5.40. The van der Waals surface area contributed by atoms with Crippen LogP contribution in [0.15, 0.2) is 29.3 Å². The average molecular weight is 311 g/mol. The summed E-state index contributed by atoms with van der Waals surface area (Å²) in [5.41, 5.74) is 0.0978. The predicted octanol–water partition coefficient (Wildman–Crippen LogP) is 0.903. The van der Waals surface area contributed by atoms with Gasteiger partial charge in [-0.05, 0) is 25.3 Å². The first-order valence-corrected chi connectivity index (χ1v) is 7.54. The molecule has 0 spiro atoms. The summed E-state index contributed by atoms with van der Waals surface area (Å²) < 4.78 is 0. The fraction of sp³-hybridized carbons (Fsp3) is 0.400. The molecule has 2 N–H and O–H groups in total. The van der Waals surface area contributed by atoms with Gasteiger partial charge in [0.25, 0.3) is 5.56 Å². The number of anilines is 2. The molecule has 23 heavy (non-hydrogen) atoms. The number of hydrogen-bond donors (Lipinski definition) is 2. The summed E-state index contributed by atoms with van der Waals surface area (Å²) in [4.78, 5) is 21.5. The molecule has 8 heteroatoms. The second-order valence-corrected chi connectivity index (χ2v) is 5.40. The van der Waals surface area contributed by atoms with Crippen LogP contribution in [0.2, 0.25) is 0 Å². The molecule has 2 aromatic rings. The lowest BCUT2D eigenvalue weighted by atomic mass is 10.0. The third kappa shape index (κ3) is 3.63. The van der Waals surface area contributed by atoms with Gasteiger partial charge in [-0.3, -0.25) is 4.79 Å². The number of nitriles is 1. The Labute approximate surface area is 133 Å². The van der Waals surface area contributed by atoms with Crippen molar-refractivity contribution in [3.05, 3.63) is 40.6 Å². The Balaban J connectivity index is 1.67. The number of nitrogens with zero attached hydrogens (tertiary/aromatic N) is 5. The van der Waals surface area contributed by atoms with E-state index in [1.807, 2.05) is 6.07 Å². The van der Waals surface area contributed by atoms with Crippen LogP contribution in [0, 0.1) is 11.3 Å². The molecule has 3 heterocycles. The van der Waals surface area contributed by atoms with Gasteiger partial charge in [0.1, 0.15) is 17.7 Å². The van der Waals surface area contributed by atoms with Crippen molar-refractivity contribution in [1.29, 1.82) is 5.26 Å². The molecule has 1 fully saturated rings. The largest absolute Gasteiger partial charge is 0.367 e. The van der Waals surface area contributed by atoms with Gasteiger partial charge in [-0.1, -0.05) is 0 Å². The molecule has 3 rings (SSSR count). The zero-order valence-electron chi connectivity index (χ0n) is 12.6. The highest BCUT2D eigenvalue weighted by molar-refractivity contribution is 5.40. The molecule has 1 aliphatic heterocycles. The Kier molecular flexibility index (Phi) is 4.47. The molecule has 0 saturated carbocycles. The highest BCUT2D eigenvalue weighted by Gasteiger charge is 2.23. The number of piperidine rings is 1. The number of rotatable bonds is 4. The van der Waals surface area contributed by atoms with Crippen molar-refractivity contribution in [1.82, 2.24) is 20.2 Å². The van der Waals surface area contributed by atoms with Gasteiger partial charge >= 0.3 is 0 Å². The first-order valence-electron chi connectivity index (χ1n) is 7.54. The van der Waals surface area contributed by atoms with Gasteiger partial charge < -0.3 is 10.2 Å². The van der Waals surface area contributed by atoms with Crippen molar-refractivity contribution < 1.29 is 0 Å². The molecule has 0 radical (unpaired) electrons. The standard InChI is InChI=1S/C15H17N7O/c16-7-11-8-18-13(10-17-11)19-9-12-3-1-2-6-22(12)14-4-5-15(23)21-20-14/h4-5,8,10,12H,1-3,6,9H2,(H,18,19)(H,21,23). The van der Waals surface area contributed by atoms with Crippen LogP contribution >= 0.6 is 0 Å². The summed E-state index contributed by atoms with van der Waals surface area (Å²) >= 11 is 0. The Morgan fingerprint density at radius 1 is 1.35 bits per heavy atom. The van der Waals surface area contributed by atoms with Crippen molar-refractivity contribution >= 4 is 11.6 Å². The van der Waals surface area contributed by atoms with Gasteiger partial charge in [0, 0.05) is 25.2 Å². The predicted molar refractivity (Wildman–Crippen MR) is 85.1 cm³/mol. The molecule has 0 aromatic carbocycles. The highest BCUT2D eigenvalue weighted by Crippen LogP contribution is 2.22. The van der Waals surface area contributed by atoms with Crippen LogP contribution in [-0.4, -0.2) is 39.3 Å². The average Bonchev–Trinajstić information content (AvgIpc) is 2.61. The molecule has 0 amide bonds. The molecule has 1 saturated heterocycles. The summed E-state index contributed by atoms with van der Waals surface area (Å²) in [5.74, 6) is 1.42. The minimum absolute atomic E-state index is 0.201. The van der Waals surface area contributed by atoms with E-state index in [0.29, 0.717) is 18.1 Å². The molecular formula is C15H17N7O. The van der Waals surface area contributed by atoms with E-state index in [1.165, 1.54) is 12.3 Å². The monoisotopic (exact) mass is 311 g/mol. The Morgan fingerprint density at radius 2 is 2.26 bits per heavy atom. The van der Waals surface area contributed by atoms with Gasteiger partial charge in [-0.25, -0.2) is 15.1 Å². The van der Waals surface area contributed by atoms with E-state index >= 15 is 0 Å². The van der Waals surface area contributed by atoms with Crippen LogP contribution in [0.25, 0.3) is 0 Å². The minimum atomic E-state index is -0.201. The second kappa shape index (κ2) is 6.87. The zero-order valence-corrected chi connectivity index (χ0v) is 12.6. The maximum Gasteiger partial charge on any atom is 0.264 e. The molecule has 0 aliphatic carbocycles. The summed E-state index contributed by atoms with van der Waals surface area (Å²) in [6, 6.07) is 5.45. The fourth-order valence-corrected chi connectivity index (χ4v) is 2.71. The molecule has 118 valence electrons. The summed E-state index contributed by atoms with van der Waals surface area (Å²) in [6.07, 6.45) is 6.31. The van der Waals surface area contributed by atoms with Gasteiger partial charge in [0.2, 0.25) is 0 Å².